The van der Waals surface area contributed by atoms with Crippen molar-refractivity contribution in [2.75, 3.05) is 13.2 Å². The smallest absolute Gasteiger partial charge is 0.159 e. The third-order valence-electron chi connectivity index (χ3n) is 3.04. The summed E-state index contributed by atoms with van der Waals surface area (Å²) in [6.07, 6.45) is 2.12. The summed E-state index contributed by atoms with van der Waals surface area (Å²) >= 11 is 0. The highest BCUT2D eigenvalue weighted by Crippen LogP contribution is 2.23. The first-order valence-corrected chi connectivity index (χ1v) is 6.03. The first kappa shape index (κ1) is 12.1. The van der Waals surface area contributed by atoms with E-state index in [1.54, 1.807) is 6.92 Å². The summed E-state index contributed by atoms with van der Waals surface area (Å²) in [4.78, 5) is 11.2. The number of ketones is 1. The predicted molar refractivity (Wildman–Crippen MR) is 65.7 cm³/mol. The molecule has 0 N–H and O–H groups in total. The van der Waals surface area contributed by atoms with E-state index in [1.807, 2.05) is 25.1 Å². The van der Waals surface area contributed by atoms with Crippen LogP contribution in [-0.4, -0.2) is 25.1 Å². The second-order valence-electron chi connectivity index (χ2n) is 4.47. The molecule has 92 valence electrons. The van der Waals surface area contributed by atoms with E-state index < -0.39 is 0 Å². The summed E-state index contributed by atoms with van der Waals surface area (Å²) in [5.41, 5.74) is 1.76. The molecular weight excluding hydrogens is 216 g/mol. The topological polar surface area (TPSA) is 35.5 Å². The molecule has 0 radical (unpaired) electrons. The highest BCUT2D eigenvalue weighted by molar-refractivity contribution is 5.94. The minimum absolute atomic E-state index is 0.0886. The van der Waals surface area contributed by atoms with Gasteiger partial charge in [-0.3, -0.25) is 4.79 Å². The van der Waals surface area contributed by atoms with E-state index >= 15 is 0 Å². The lowest BCUT2D eigenvalue weighted by Crippen LogP contribution is -2.26. The fraction of sp³-hybridized carbons (Fsp3) is 0.500. The summed E-state index contributed by atoms with van der Waals surface area (Å²) in [5.74, 6) is 0.965. The van der Waals surface area contributed by atoms with Gasteiger partial charge in [0.25, 0.3) is 0 Å². The van der Waals surface area contributed by atoms with Crippen molar-refractivity contribution in [2.45, 2.75) is 32.8 Å². The average molecular weight is 234 g/mol. The lowest BCUT2D eigenvalue weighted by atomic mass is 10.1. The van der Waals surface area contributed by atoms with Crippen LogP contribution in [0.1, 0.15) is 35.7 Å². The molecule has 1 fully saturated rings. The van der Waals surface area contributed by atoms with E-state index in [1.165, 1.54) is 0 Å². The maximum absolute atomic E-state index is 11.2. The normalized spacial score (nSPS) is 16.8. The molecule has 0 unspecified atom stereocenters. The Morgan fingerprint density at radius 1 is 1.35 bits per heavy atom. The standard InChI is InChI=1S/C14H18O3/c1-10-9-12(11(2)15)3-4-14(10)17-13-5-7-16-8-6-13/h3-4,9,13H,5-8H2,1-2H3. The van der Waals surface area contributed by atoms with E-state index in [0.717, 1.165) is 42.9 Å². The van der Waals surface area contributed by atoms with Crippen LogP contribution in [-0.2, 0) is 4.74 Å². The van der Waals surface area contributed by atoms with Gasteiger partial charge in [0.05, 0.1) is 13.2 Å². The Morgan fingerprint density at radius 2 is 2.06 bits per heavy atom. The van der Waals surface area contributed by atoms with E-state index in [0.29, 0.717) is 0 Å². The van der Waals surface area contributed by atoms with E-state index in [-0.39, 0.29) is 11.9 Å². The molecule has 1 aromatic rings. The van der Waals surface area contributed by atoms with Gasteiger partial charge in [0.15, 0.2) is 5.78 Å². The molecule has 1 saturated heterocycles. The van der Waals surface area contributed by atoms with E-state index in [9.17, 15) is 4.79 Å². The number of benzene rings is 1. The monoisotopic (exact) mass is 234 g/mol. The highest BCUT2D eigenvalue weighted by Gasteiger charge is 2.16. The van der Waals surface area contributed by atoms with Gasteiger partial charge in [0.2, 0.25) is 0 Å². The number of Topliss-reactive ketones (excluding diaryl/α,β-unsaturated/α-hetero) is 1. The predicted octanol–water partition coefficient (Wildman–Crippen LogP) is 2.76. The Balaban J connectivity index is 2.08. The minimum atomic E-state index is 0.0886. The second kappa shape index (κ2) is 5.32. The van der Waals surface area contributed by atoms with Gasteiger partial charge in [-0.05, 0) is 37.6 Å². The van der Waals surface area contributed by atoms with Gasteiger partial charge in [0, 0.05) is 18.4 Å². The van der Waals surface area contributed by atoms with Gasteiger partial charge < -0.3 is 9.47 Å². The summed E-state index contributed by atoms with van der Waals surface area (Å²) in [6.45, 7) is 5.10. The lowest BCUT2D eigenvalue weighted by molar-refractivity contribution is 0.0253. The molecule has 0 bridgehead atoms. The summed E-state index contributed by atoms with van der Waals surface area (Å²) < 4.78 is 11.2. The molecule has 3 nitrogen and oxygen atoms in total. The van der Waals surface area contributed by atoms with Gasteiger partial charge >= 0.3 is 0 Å². The van der Waals surface area contributed by atoms with Crippen molar-refractivity contribution in [1.82, 2.24) is 0 Å². The van der Waals surface area contributed by atoms with Gasteiger partial charge in [-0.25, -0.2) is 0 Å². The van der Waals surface area contributed by atoms with Crippen LogP contribution < -0.4 is 4.74 Å². The lowest BCUT2D eigenvalue weighted by Gasteiger charge is -2.24. The van der Waals surface area contributed by atoms with Crippen LogP contribution in [0.2, 0.25) is 0 Å². The molecule has 0 spiro atoms. The maximum atomic E-state index is 11.2. The summed E-state index contributed by atoms with van der Waals surface area (Å²) in [7, 11) is 0. The zero-order valence-corrected chi connectivity index (χ0v) is 10.4. The van der Waals surface area contributed by atoms with Crippen LogP contribution in [0.3, 0.4) is 0 Å². The molecule has 1 aliphatic heterocycles. The molecule has 1 heterocycles. The minimum Gasteiger partial charge on any atom is -0.490 e. The molecule has 1 aliphatic rings. The van der Waals surface area contributed by atoms with Crippen molar-refractivity contribution in [3.8, 4) is 5.75 Å². The molecule has 17 heavy (non-hydrogen) atoms. The molecule has 2 rings (SSSR count). The summed E-state index contributed by atoms with van der Waals surface area (Å²) in [6, 6.07) is 5.60. The van der Waals surface area contributed by atoms with Crippen LogP contribution in [0.4, 0.5) is 0 Å². The molecule has 0 amide bonds. The molecule has 0 saturated carbocycles. The van der Waals surface area contributed by atoms with Crippen molar-refractivity contribution >= 4 is 5.78 Å². The molecule has 3 heteroatoms. The third-order valence-corrected chi connectivity index (χ3v) is 3.04. The van der Waals surface area contributed by atoms with Crippen LogP contribution in [0.15, 0.2) is 18.2 Å². The Labute approximate surface area is 102 Å². The number of hydrogen-bond acceptors (Lipinski definition) is 3. The third kappa shape index (κ3) is 3.07. The fourth-order valence-corrected chi connectivity index (χ4v) is 1.97. The molecule has 0 atom stereocenters. The largest absolute Gasteiger partial charge is 0.490 e. The zero-order valence-electron chi connectivity index (χ0n) is 10.4. The number of ether oxygens (including phenoxy) is 2. The van der Waals surface area contributed by atoms with Gasteiger partial charge in [-0.1, -0.05) is 0 Å². The molecule has 0 aromatic heterocycles. The van der Waals surface area contributed by atoms with E-state index in [2.05, 4.69) is 0 Å². The Kier molecular flexibility index (Phi) is 3.79. The summed E-state index contributed by atoms with van der Waals surface area (Å²) in [5, 5.41) is 0. The van der Waals surface area contributed by atoms with Crippen LogP contribution in [0.5, 0.6) is 5.75 Å². The first-order valence-electron chi connectivity index (χ1n) is 6.03. The number of rotatable bonds is 3. The molecule has 0 aliphatic carbocycles. The number of carbonyl (C=O) groups excluding carboxylic acids is 1. The van der Waals surface area contributed by atoms with Crippen molar-refractivity contribution < 1.29 is 14.3 Å². The van der Waals surface area contributed by atoms with Crippen LogP contribution >= 0.6 is 0 Å². The second-order valence-corrected chi connectivity index (χ2v) is 4.47. The van der Waals surface area contributed by atoms with Crippen LogP contribution in [0, 0.1) is 6.92 Å². The first-order chi connectivity index (χ1) is 8.16. The SMILES string of the molecule is CC(=O)c1ccc(OC2CCOCC2)c(C)c1. The number of hydrogen-bond donors (Lipinski definition) is 0. The van der Waals surface area contributed by atoms with E-state index in [4.69, 9.17) is 9.47 Å². The van der Waals surface area contributed by atoms with Crippen LogP contribution in [0.25, 0.3) is 0 Å². The average Bonchev–Trinajstić information content (AvgIpc) is 2.33. The fourth-order valence-electron chi connectivity index (χ4n) is 1.97. The highest BCUT2D eigenvalue weighted by atomic mass is 16.5. The van der Waals surface area contributed by atoms with Crippen molar-refractivity contribution in [1.29, 1.82) is 0 Å². The van der Waals surface area contributed by atoms with Gasteiger partial charge in [0.1, 0.15) is 11.9 Å². The van der Waals surface area contributed by atoms with Gasteiger partial charge in [-0.2, -0.15) is 0 Å². The quantitative estimate of drug-likeness (QED) is 0.754. The van der Waals surface area contributed by atoms with Crippen molar-refractivity contribution in [3.63, 3.8) is 0 Å². The van der Waals surface area contributed by atoms with Gasteiger partial charge in [-0.15, -0.1) is 0 Å². The molecular formula is C14H18O3. The Morgan fingerprint density at radius 3 is 2.65 bits per heavy atom. The zero-order chi connectivity index (χ0) is 12.3. The number of carbonyl (C=O) groups is 1. The van der Waals surface area contributed by atoms with Crippen molar-refractivity contribution in [3.05, 3.63) is 29.3 Å². The Bertz CT molecular complexity index is 406. The molecule has 1 aromatic carbocycles. The Hall–Kier alpha value is -1.35. The van der Waals surface area contributed by atoms with Crippen molar-refractivity contribution in [2.24, 2.45) is 0 Å². The maximum Gasteiger partial charge on any atom is 0.159 e. The number of aryl methyl sites for hydroxylation is 1.